The fraction of sp³-hybridized carbons (Fsp3) is 0.300. The molecule has 1 unspecified atom stereocenters. The molecule has 0 spiro atoms. The Morgan fingerprint density at radius 2 is 1.68 bits per heavy atom. The first kappa shape index (κ1) is 21.4. The van der Waals surface area contributed by atoms with Crippen LogP contribution in [0.4, 0.5) is 17.6 Å². The molecule has 1 aromatic heterocycles. The first-order chi connectivity index (χ1) is 14.6. The largest absolute Gasteiger partial charge is 0.420 e. The van der Waals surface area contributed by atoms with Crippen LogP contribution in [0, 0.1) is 5.82 Å². The van der Waals surface area contributed by atoms with Gasteiger partial charge in [0, 0.05) is 18.7 Å². The zero-order chi connectivity index (χ0) is 22.2. The van der Waals surface area contributed by atoms with Gasteiger partial charge in [-0.2, -0.15) is 17.5 Å². The van der Waals surface area contributed by atoms with Crippen molar-refractivity contribution in [3.63, 3.8) is 0 Å². The Bertz CT molecular complexity index is 1160. The summed E-state index contributed by atoms with van der Waals surface area (Å²) in [5.41, 5.74) is -0.382. The second-order valence-corrected chi connectivity index (χ2v) is 9.11. The second kappa shape index (κ2) is 8.04. The van der Waals surface area contributed by atoms with E-state index in [9.17, 15) is 26.0 Å². The van der Waals surface area contributed by atoms with E-state index >= 15 is 0 Å². The Kier molecular flexibility index (Phi) is 5.56. The molecular weight excluding hydrogens is 438 g/mol. The Hall–Kier alpha value is -2.79. The molecule has 0 saturated carbocycles. The number of hydrogen-bond donors (Lipinski definition) is 0. The zero-order valence-electron chi connectivity index (χ0n) is 16.0. The second-order valence-electron chi connectivity index (χ2n) is 7.18. The first-order valence-electron chi connectivity index (χ1n) is 9.41. The van der Waals surface area contributed by atoms with Crippen LogP contribution in [0.15, 0.2) is 57.8 Å². The number of aromatic nitrogens is 2. The molecule has 4 rings (SSSR count). The normalized spacial score (nSPS) is 18.3. The van der Waals surface area contributed by atoms with E-state index in [1.807, 2.05) is 0 Å². The van der Waals surface area contributed by atoms with Gasteiger partial charge in [0.25, 0.3) is 0 Å². The van der Waals surface area contributed by atoms with E-state index in [0.717, 1.165) is 24.3 Å². The highest BCUT2D eigenvalue weighted by molar-refractivity contribution is 7.89. The Morgan fingerprint density at radius 1 is 1.00 bits per heavy atom. The molecule has 2 aromatic carbocycles. The topological polar surface area (TPSA) is 76.3 Å². The standard InChI is InChI=1S/C20H17F4N3O3S/c21-16-7-3-13(4-8-16)18-25-26-19(30-18)14-2-1-11-27(12-14)31(28,29)17-9-5-15(6-10-17)20(22,23)24/h3-10,14H,1-2,11-12H2. The zero-order valence-corrected chi connectivity index (χ0v) is 16.8. The fourth-order valence-electron chi connectivity index (χ4n) is 3.44. The van der Waals surface area contributed by atoms with Gasteiger partial charge in [0.15, 0.2) is 0 Å². The predicted molar refractivity (Wildman–Crippen MR) is 102 cm³/mol. The molecule has 164 valence electrons. The van der Waals surface area contributed by atoms with Crippen molar-refractivity contribution in [2.24, 2.45) is 0 Å². The molecule has 0 bridgehead atoms. The van der Waals surface area contributed by atoms with Crippen molar-refractivity contribution >= 4 is 10.0 Å². The van der Waals surface area contributed by atoms with Crippen LogP contribution < -0.4 is 0 Å². The van der Waals surface area contributed by atoms with Crippen molar-refractivity contribution in [3.05, 3.63) is 65.8 Å². The highest BCUT2D eigenvalue weighted by Crippen LogP contribution is 2.33. The van der Waals surface area contributed by atoms with Crippen molar-refractivity contribution in [2.75, 3.05) is 13.1 Å². The van der Waals surface area contributed by atoms with Crippen molar-refractivity contribution in [2.45, 2.75) is 29.8 Å². The Morgan fingerprint density at radius 3 is 2.32 bits per heavy atom. The average Bonchev–Trinajstić information content (AvgIpc) is 3.24. The molecule has 0 aliphatic carbocycles. The summed E-state index contributed by atoms with van der Waals surface area (Å²) in [5.74, 6) is -0.316. The summed E-state index contributed by atoms with van der Waals surface area (Å²) in [6.45, 7) is 0.299. The quantitative estimate of drug-likeness (QED) is 0.543. The third kappa shape index (κ3) is 4.47. The van der Waals surface area contributed by atoms with Gasteiger partial charge in [-0.25, -0.2) is 12.8 Å². The summed E-state index contributed by atoms with van der Waals surface area (Å²) >= 11 is 0. The van der Waals surface area contributed by atoms with Gasteiger partial charge in [-0.15, -0.1) is 10.2 Å². The Balaban J connectivity index is 1.52. The van der Waals surface area contributed by atoms with Crippen LogP contribution in [0.5, 0.6) is 0 Å². The number of rotatable bonds is 4. The molecule has 6 nitrogen and oxygen atoms in total. The van der Waals surface area contributed by atoms with Gasteiger partial charge < -0.3 is 4.42 Å². The van der Waals surface area contributed by atoms with Gasteiger partial charge in [0.1, 0.15) is 5.82 Å². The number of nitrogens with zero attached hydrogens (tertiary/aromatic N) is 3. The molecule has 31 heavy (non-hydrogen) atoms. The maximum atomic E-state index is 13.1. The molecule has 1 saturated heterocycles. The highest BCUT2D eigenvalue weighted by atomic mass is 32.2. The number of halogens is 4. The van der Waals surface area contributed by atoms with Crippen LogP contribution in [0.3, 0.4) is 0 Å². The summed E-state index contributed by atoms with van der Waals surface area (Å²) in [7, 11) is -3.98. The lowest BCUT2D eigenvalue weighted by atomic mass is 10.00. The number of benzene rings is 2. The fourth-order valence-corrected chi connectivity index (χ4v) is 4.96. The van der Waals surface area contributed by atoms with E-state index < -0.39 is 27.6 Å². The monoisotopic (exact) mass is 455 g/mol. The third-order valence-electron chi connectivity index (χ3n) is 5.08. The summed E-state index contributed by atoms with van der Waals surface area (Å²) < 4.78 is 84.1. The van der Waals surface area contributed by atoms with E-state index in [1.54, 1.807) is 0 Å². The number of piperidine rings is 1. The summed E-state index contributed by atoms with van der Waals surface area (Å²) in [4.78, 5) is -0.210. The molecule has 11 heteroatoms. The van der Waals surface area contributed by atoms with E-state index in [-0.39, 0.29) is 35.7 Å². The van der Waals surface area contributed by atoms with Crippen LogP contribution in [0.2, 0.25) is 0 Å². The lowest BCUT2D eigenvalue weighted by molar-refractivity contribution is -0.137. The minimum atomic E-state index is -4.54. The predicted octanol–water partition coefficient (Wildman–Crippen LogP) is 4.46. The van der Waals surface area contributed by atoms with E-state index in [4.69, 9.17) is 4.42 Å². The van der Waals surface area contributed by atoms with Crippen molar-refractivity contribution < 1.29 is 30.4 Å². The summed E-state index contributed by atoms with van der Waals surface area (Å²) in [6, 6.07) is 8.94. The molecule has 3 aromatic rings. The molecule has 1 atom stereocenters. The number of sulfonamides is 1. The number of alkyl halides is 3. The van der Waals surface area contributed by atoms with Crippen LogP contribution in [0.25, 0.3) is 11.5 Å². The van der Waals surface area contributed by atoms with Crippen LogP contribution in [-0.4, -0.2) is 36.0 Å². The third-order valence-corrected chi connectivity index (χ3v) is 6.96. The molecule has 1 aliphatic heterocycles. The molecule has 0 N–H and O–H groups in total. The molecule has 0 radical (unpaired) electrons. The van der Waals surface area contributed by atoms with Crippen molar-refractivity contribution in [1.29, 1.82) is 0 Å². The minimum absolute atomic E-state index is 0.0639. The van der Waals surface area contributed by atoms with E-state index in [1.165, 1.54) is 28.6 Å². The maximum Gasteiger partial charge on any atom is 0.416 e. The highest BCUT2D eigenvalue weighted by Gasteiger charge is 2.35. The summed E-state index contributed by atoms with van der Waals surface area (Å²) in [6.07, 6.45) is -3.40. The Labute approximate surface area is 175 Å². The van der Waals surface area contributed by atoms with Gasteiger partial charge in [-0.1, -0.05) is 0 Å². The molecule has 1 aliphatic rings. The lowest BCUT2D eigenvalue weighted by Crippen LogP contribution is -2.39. The summed E-state index contributed by atoms with van der Waals surface area (Å²) in [5, 5.41) is 7.97. The molecular formula is C20H17F4N3O3S. The number of hydrogen-bond acceptors (Lipinski definition) is 5. The van der Waals surface area contributed by atoms with Crippen LogP contribution in [-0.2, 0) is 16.2 Å². The van der Waals surface area contributed by atoms with Crippen LogP contribution in [0.1, 0.15) is 30.2 Å². The lowest BCUT2D eigenvalue weighted by Gasteiger charge is -2.30. The maximum absolute atomic E-state index is 13.1. The van der Waals surface area contributed by atoms with Gasteiger partial charge in [-0.3, -0.25) is 0 Å². The van der Waals surface area contributed by atoms with Gasteiger partial charge in [0.2, 0.25) is 21.8 Å². The molecule has 1 fully saturated rings. The first-order valence-corrected chi connectivity index (χ1v) is 10.9. The van der Waals surface area contributed by atoms with E-state index in [2.05, 4.69) is 10.2 Å². The van der Waals surface area contributed by atoms with Crippen molar-refractivity contribution in [1.82, 2.24) is 14.5 Å². The van der Waals surface area contributed by atoms with E-state index in [0.29, 0.717) is 18.4 Å². The SMILES string of the molecule is O=S(=O)(c1ccc(C(F)(F)F)cc1)N1CCCC(c2nnc(-c3ccc(F)cc3)o2)C1. The van der Waals surface area contributed by atoms with Crippen LogP contribution >= 0.6 is 0 Å². The van der Waals surface area contributed by atoms with Crippen molar-refractivity contribution in [3.8, 4) is 11.5 Å². The smallest absolute Gasteiger partial charge is 0.416 e. The van der Waals surface area contributed by atoms with Gasteiger partial charge in [-0.05, 0) is 61.4 Å². The average molecular weight is 455 g/mol. The molecule has 0 amide bonds. The van der Waals surface area contributed by atoms with Gasteiger partial charge in [0.05, 0.1) is 16.4 Å². The molecule has 2 heterocycles. The van der Waals surface area contributed by atoms with Gasteiger partial charge >= 0.3 is 6.18 Å². The minimum Gasteiger partial charge on any atom is -0.420 e.